The predicted molar refractivity (Wildman–Crippen MR) is 104 cm³/mol. The molecule has 0 aromatic carbocycles. The van der Waals surface area contributed by atoms with Crippen molar-refractivity contribution in [1.29, 1.82) is 0 Å². The highest BCUT2D eigenvalue weighted by atomic mass is 16.1. The van der Waals surface area contributed by atoms with Crippen LogP contribution in [0, 0.1) is 22.7 Å². The van der Waals surface area contributed by atoms with Gasteiger partial charge in [-0.25, -0.2) is 0 Å². The second kappa shape index (κ2) is 7.58. The fourth-order valence-corrected chi connectivity index (χ4v) is 5.69. The van der Waals surface area contributed by atoms with Crippen LogP contribution in [0.25, 0.3) is 0 Å². The molecule has 0 aliphatic heterocycles. The zero-order chi connectivity index (χ0) is 18.0. The molecule has 1 fully saturated rings. The molecule has 1 saturated carbocycles. The van der Waals surface area contributed by atoms with Crippen molar-refractivity contribution in [3.63, 3.8) is 0 Å². The van der Waals surface area contributed by atoms with Gasteiger partial charge in [-0.05, 0) is 82.0 Å². The fourth-order valence-electron chi connectivity index (χ4n) is 5.69. The Morgan fingerprint density at radius 1 is 1.21 bits per heavy atom. The summed E-state index contributed by atoms with van der Waals surface area (Å²) in [6.07, 6.45) is 14.3. The third kappa shape index (κ3) is 4.21. The zero-order valence-electron chi connectivity index (χ0n) is 16.9. The Labute approximate surface area is 150 Å². The molecule has 0 bridgehead atoms. The molecular weight excluding hydrogens is 292 g/mol. The van der Waals surface area contributed by atoms with Gasteiger partial charge in [0.05, 0.1) is 0 Å². The van der Waals surface area contributed by atoms with Gasteiger partial charge in [-0.2, -0.15) is 0 Å². The Morgan fingerprint density at radius 2 is 1.92 bits per heavy atom. The third-order valence-electron chi connectivity index (χ3n) is 7.11. The van der Waals surface area contributed by atoms with E-state index in [-0.39, 0.29) is 0 Å². The van der Waals surface area contributed by atoms with Crippen LogP contribution < -0.4 is 0 Å². The molecular formula is C23H38O. The molecule has 0 spiro atoms. The molecule has 1 nitrogen and oxygen atoms in total. The van der Waals surface area contributed by atoms with E-state index in [1.807, 2.05) is 0 Å². The zero-order valence-corrected chi connectivity index (χ0v) is 16.9. The summed E-state index contributed by atoms with van der Waals surface area (Å²) >= 11 is 0. The molecule has 24 heavy (non-hydrogen) atoms. The van der Waals surface area contributed by atoms with E-state index < -0.39 is 0 Å². The summed E-state index contributed by atoms with van der Waals surface area (Å²) < 4.78 is 0. The smallest absolute Gasteiger partial charge is 0.130 e. The maximum atomic E-state index is 11.1. The van der Waals surface area contributed by atoms with Crippen LogP contribution in [0.1, 0.15) is 92.9 Å². The topological polar surface area (TPSA) is 17.1 Å². The predicted octanol–water partition coefficient (Wildman–Crippen LogP) is 6.88. The molecule has 0 aromatic rings. The summed E-state index contributed by atoms with van der Waals surface area (Å²) in [5.74, 6) is 1.85. The lowest BCUT2D eigenvalue weighted by Crippen LogP contribution is -2.48. The van der Waals surface area contributed by atoms with Gasteiger partial charge < -0.3 is 4.79 Å². The van der Waals surface area contributed by atoms with Gasteiger partial charge in [-0.3, -0.25) is 0 Å². The van der Waals surface area contributed by atoms with Crippen molar-refractivity contribution >= 4 is 5.78 Å². The molecule has 0 aromatic heterocycles. The molecule has 0 heterocycles. The largest absolute Gasteiger partial charge is 0.300 e. The van der Waals surface area contributed by atoms with Crippen molar-refractivity contribution in [3.05, 3.63) is 23.3 Å². The van der Waals surface area contributed by atoms with Gasteiger partial charge in [0.1, 0.15) is 5.78 Å². The maximum Gasteiger partial charge on any atom is 0.130 e. The standard InChI is InChI=1S/C23H38O/c1-17(9-7-10-19(3)24)11-13-20-18(2)12-14-21-22(4,5)15-8-16-23(20,21)6/h9,12,20-21H,7-8,10-11,13-16H2,1-6H3. The van der Waals surface area contributed by atoms with E-state index in [1.54, 1.807) is 12.5 Å². The van der Waals surface area contributed by atoms with Crippen LogP contribution in [0.4, 0.5) is 0 Å². The number of carbonyl (C=O) groups is 1. The molecule has 2 rings (SSSR count). The minimum atomic E-state index is 0.296. The SMILES string of the molecule is CC(=O)CCC=C(C)CCC1C(C)=CCC2C(C)(C)CCCC12C. The first kappa shape index (κ1) is 19.5. The first-order valence-corrected chi connectivity index (χ1v) is 9.98. The second-order valence-electron chi connectivity index (χ2n) is 9.47. The summed E-state index contributed by atoms with van der Waals surface area (Å²) in [6, 6.07) is 0. The van der Waals surface area contributed by atoms with E-state index >= 15 is 0 Å². The summed E-state index contributed by atoms with van der Waals surface area (Å²) in [7, 11) is 0. The highest BCUT2D eigenvalue weighted by molar-refractivity contribution is 5.75. The van der Waals surface area contributed by atoms with Crippen LogP contribution in [-0.2, 0) is 4.79 Å². The quantitative estimate of drug-likeness (QED) is 0.485. The molecule has 0 amide bonds. The van der Waals surface area contributed by atoms with Crippen LogP contribution in [0.15, 0.2) is 23.3 Å². The Morgan fingerprint density at radius 3 is 2.58 bits per heavy atom. The number of allylic oxidation sites excluding steroid dienone is 4. The lowest BCUT2D eigenvalue weighted by molar-refractivity contribution is -0.116. The first-order chi connectivity index (χ1) is 11.2. The molecule has 1 heteroatoms. The first-order valence-electron chi connectivity index (χ1n) is 9.98. The van der Waals surface area contributed by atoms with Gasteiger partial charge >= 0.3 is 0 Å². The Kier molecular flexibility index (Phi) is 6.15. The second-order valence-corrected chi connectivity index (χ2v) is 9.47. The average molecular weight is 331 g/mol. The van der Waals surface area contributed by atoms with E-state index in [0.29, 0.717) is 23.0 Å². The molecule has 2 aliphatic rings. The average Bonchev–Trinajstić information content (AvgIpc) is 2.45. The summed E-state index contributed by atoms with van der Waals surface area (Å²) in [4.78, 5) is 11.1. The molecule has 0 N–H and O–H groups in total. The van der Waals surface area contributed by atoms with Crippen LogP contribution in [0.3, 0.4) is 0 Å². The van der Waals surface area contributed by atoms with Gasteiger partial charge in [-0.1, -0.05) is 50.5 Å². The monoisotopic (exact) mass is 330 g/mol. The van der Waals surface area contributed by atoms with Gasteiger partial charge in [0.2, 0.25) is 0 Å². The maximum absolute atomic E-state index is 11.1. The molecule has 3 unspecified atom stereocenters. The number of Topliss-reactive ketones (excluding diaryl/α,β-unsaturated/α-hetero) is 1. The normalized spacial score (nSPS) is 32.9. The molecule has 2 aliphatic carbocycles. The van der Waals surface area contributed by atoms with Crippen molar-refractivity contribution in [2.75, 3.05) is 0 Å². The molecule has 0 saturated heterocycles. The van der Waals surface area contributed by atoms with E-state index in [1.165, 1.54) is 44.1 Å². The Balaban J connectivity index is 2.06. The van der Waals surface area contributed by atoms with Crippen molar-refractivity contribution < 1.29 is 4.79 Å². The molecule has 136 valence electrons. The summed E-state index contributed by atoms with van der Waals surface area (Å²) in [5.41, 5.74) is 4.04. The van der Waals surface area contributed by atoms with Crippen LogP contribution in [0.2, 0.25) is 0 Å². The van der Waals surface area contributed by atoms with Crippen molar-refractivity contribution in [2.24, 2.45) is 22.7 Å². The lowest BCUT2D eigenvalue weighted by atomic mass is 9.48. The Bertz CT molecular complexity index is 522. The molecule has 3 atom stereocenters. The number of fused-ring (bicyclic) bond motifs is 1. The van der Waals surface area contributed by atoms with E-state index in [9.17, 15) is 4.79 Å². The van der Waals surface area contributed by atoms with Gasteiger partial charge in [-0.15, -0.1) is 0 Å². The summed E-state index contributed by atoms with van der Waals surface area (Å²) in [6.45, 7) is 13.9. The fraction of sp³-hybridized carbons (Fsp3) is 0.783. The van der Waals surface area contributed by atoms with E-state index in [2.05, 4.69) is 46.8 Å². The minimum absolute atomic E-state index is 0.296. The highest BCUT2D eigenvalue weighted by Crippen LogP contribution is 2.60. The number of rotatable bonds is 6. The molecule has 0 radical (unpaired) electrons. The number of hydrogen-bond acceptors (Lipinski definition) is 1. The van der Waals surface area contributed by atoms with E-state index in [4.69, 9.17) is 0 Å². The minimum Gasteiger partial charge on any atom is -0.300 e. The van der Waals surface area contributed by atoms with Crippen LogP contribution in [-0.4, -0.2) is 5.78 Å². The highest BCUT2D eigenvalue weighted by Gasteiger charge is 2.51. The van der Waals surface area contributed by atoms with Crippen molar-refractivity contribution in [2.45, 2.75) is 92.9 Å². The van der Waals surface area contributed by atoms with Crippen LogP contribution in [0.5, 0.6) is 0 Å². The third-order valence-corrected chi connectivity index (χ3v) is 7.11. The van der Waals surface area contributed by atoms with Gasteiger partial charge in [0.15, 0.2) is 0 Å². The Hall–Kier alpha value is -0.850. The van der Waals surface area contributed by atoms with Crippen LogP contribution >= 0.6 is 0 Å². The lowest BCUT2D eigenvalue weighted by Gasteiger charge is -2.57. The van der Waals surface area contributed by atoms with Gasteiger partial charge in [0.25, 0.3) is 0 Å². The number of hydrogen-bond donors (Lipinski definition) is 0. The van der Waals surface area contributed by atoms with Crippen molar-refractivity contribution in [3.8, 4) is 0 Å². The summed E-state index contributed by atoms with van der Waals surface area (Å²) in [5, 5.41) is 0. The number of carbonyl (C=O) groups excluding carboxylic acids is 1. The number of ketones is 1. The van der Waals surface area contributed by atoms with E-state index in [0.717, 1.165) is 18.3 Å². The van der Waals surface area contributed by atoms with Gasteiger partial charge in [0, 0.05) is 6.42 Å². The van der Waals surface area contributed by atoms with Crippen molar-refractivity contribution in [1.82, 2.24) is 0 Å².